The minimum Gasteiger partial charge on any atom is -0.326 e. The highest BCUT2D eigenvalue weighted by Gasteiger charge is 2.10. The molecule has 0 spiro atoms. The van der Waals surface area contributed by atoms with Gasteiger partial charge in [0.15, 0.2) is 0 Å². The normalized spacial score (nSPS) is 10.9. The summed E-state index contributed by atoms with van der Waals surface area (Å²) in [4.78, 5) is 23.5. The number of nitrogens with zero attached hydrogens (tertiary/aromatic N) is 2. The molecule has 0 radical (unpaired) electrons. The highest BCUT2D eigenvalue weighted by molar-refractivity contribution is 5.97. The highest BCUT2D eigenvalue weighted by atomic mass is 19.1. The first-order valence-corrected chi connectivity index (χ1v) is 9.01. The van der Waals surface area contributed by atoms with Gasteiger partial charge in [-0.3, -0.25) is 9.59 Å². The first-order chi connectivity index (χ1) is 13.8. The van der Waals surface area contributed by atoms with Crippen LogP contribution in [0, 0.1) is 19.7 Å². The van der Waals surface area contributed by atoms with Gasteiger partial charge in [-0.25, -0.2) is 9.82 Å². The number of aryl methyl sites for hydroxylation is 1. The molecule has 3 rings (SSSR count). The number of amides is 2. The Balaban J connectivity index is 1.74. The lowest BCUT2D eigenvalue weighted by molar-refractivity contribution is -0.114. The first kappa shape index (κ1) is 20.0. The van der Waals surface area contributed by atoms with E-state index < -0.39 is 0 Å². The molecule has 148 valence electrons. The number of hydrogen-bond acceptors (Lipinski definition) is 3. The molecule has 0 bridgehead atoms. The number of benzene rings is 2. The van der Waals surface area contributed by atoms with E-state index in [0.29, 0.717) is 11.3 Å². The van der Waals surface area contributed by atoms with Gasteiger partial charge in [0.1, 0.15) is 5.82 Å². The predicted molar refractivity (Wildman–Crippen MR) is 111 cm³/mol. The molecule has 0 unspecified atom stereocenters. The second kappa shape index (κ2) is 8.52. The maximum absolute atomic E-state index is 13.2. The van der Waals surface area contributed by atoms with E-state index in [2.05, 4.69) is 15.8 Å². The largest absolute Gasteiger partial charge is 0.326 e. The Hall–Kier alpha value is -3.74. The van der Waals surface area contributed by atoms with E-state index in [1.54, 1.807) is 42.6 Å². The van der Waals surface area contributed by atoms with Crippen molar-refractivity contribution in [1.82, 2.24) is 9.99 Å². The summed E-state index contributed by atoms with van der Waals surface area (Å²) in [7, 11) is 0. The molecule has 1 aromatic heterocycles. The molecule has 0 saturated heterocycles. The zero-order valence-corrected chi connectivity index (χ0v) is 16.4. The third-order valence-corrected chi connectivity index (χ3v) is 4.37. The molecular weight excluding hydrogens is 371 g/mol. The van der Waals surface area contributed by atoms with Crippen molar-refractivity contribution in [3.63, 3.8) is 0 Å². The van der Waals surface area contributed by atoms with Crippen LogP contribution in [0.15, 0.2) is 59.7 Å². The van der Waals surface area contributed by atoms with Crippen LogP contribution in [0.5, 0.6) is 0 Å². The summed E-state index contributed by atoms with van der Waals surface area (Å²) in [6.07, 6.45) is 1.57. The minimum atomic E-state index is -0.388. The standard InChI is InChI=1S/C22H21FN4O2/c1-14-11-18(15(2)27(14)21-9-7-19(23)8-10-21)13-24-26-22(29)17-5-4-6-20(12-17)25-16(3)28/h4-13H,1-3H3,(H,25,28)(H,26,29). The summed E-state index contributed by atoms with van der Waals surface area (Å²) in [5, 5.41) is 6.68. The summed E-state index contributed by atoms with van der Waals surface area (Å²) in [5.41, 5.74) is 6.97. The molecule has 6 nitrogen and oxygen atoms in total. The van der Waals surface area contributed by atoms with E-state index >= 15 is 0 Å². The fourth-order valence-electron chi connectivity index (χ4n) is 3.07. The lowest BCUT2D eigenvalue weighted by Gasteiger charge is -2.09. The molecule has 2 aromatic carbocycles. The van der Waals surface area contributed by atoms with Crippen LogP contribution in [0.1, 0.15) is 34.2 Å². The molecule has 3 aromatic rings. The van der Waals surface area contributed by atoms with Crippen LogP contribution in [0.2, 0.25) is 0 Å². The van der Waals surface area contributed by atoms with Crippen molar-refractivity contribution in [2.24, 2.45) is 5.10 Å². The van der Waals surface area contributed by atoms with Crippen LogP contribution >= 0.6 is 0 Å². The van der Waals surface area contributed by atoms with Crippen molar-refractivity contribution >= 4 is 23.7 Å². The van der Waals surface area contributed by atoms with Gasteiger partial charge in [0.2, 0.25) is 5.91 Å². The van der Waals surface area contributed by atoms with Gasteiger partial charge in [0.05, 0.1) is 6.21 Å². The van der Waals surface area contributed by atoms with Crippen LogP contribution in [-0.4, -0.2) is 22.6 Å². The summed E-state index contributed by atoms with van der Waals surface area (Å²) in [6.45, 7) is 5.27. The first-order valence-electron chi connectivity index (χ1n) is 9.01. The summed E-state index contributed by atoms with van der Waals surface area (Å²) in [5.74, 6) is -0.888. The van der Waals surface area contributed by atoms with Crippen molar-refractivity contribution in [3.05, 3.63) is 82.9 Å². The number of carbonyl (C=O) groups is 2. The molecule has 2 amide bonds. The molecule has 0 fully saturated rings. The maximum atomic E-state index is 13.2. The summed E-state index contributed by atoms with van der Waals surface area (Å²) in [6, 6.07) is 14.8. The van der Waals surface area contributed by atoms with E-state index in [9.17, 15) is 14.0 Å². The monoisotopic (exact) mass is 392 g/mol. The van der Waals surface area contributed by atoms with Gasteiger partial charge in [0.25, 0.3) is 5.91 Å². The summed E-state index contributed by atoms with van der Waals surface area (Å²) < 4.78 is 15.2. The summed E-state index contributed by atoms with van der Waals surface area (Å²) >= 11 is 0. The SMILES string of the molecule is CC(=O)Nc1cccc(C(=O)NN=Cc2cc(C)n(-c3ccc(F)cc3)c2C)c1. The highest BCUT2D eigenvalue weighted by Crippen LogP contribution is 2.20. The minimum absolute atomic E-state index is 0.211. The molecule has 0 aliphatic rings. The average Bonchev–Trinajstić information content (AvgIpc) is 2.96. The van der Waals surface area contributed by atoms with Gasteiger partial charge in [-0.2, -0.15) is 5.10 Å². The number of anilines is 1. The molecule has 29 heavy (non-hydrogen) atoms. The third kappa shape index (κ3) is 4.76. The number of carbonyl (C=O) groups excluding carboxylic acids is 2. The lowest BCUT2D eigenvalue weighted by Crippen LogP contribution is -2.18. The molecule has 7 heteroatoms. The van der Waals surface area contributed by atoms with Crippen molar-refractivity contribution in [1.29, 1.82) is 0 Å². The maximum Gasteiger partial charge on any atom is 0.271 e. The molecule has 2 N–H and O–H groups in total. The molecular formula is C22H21FN4O2. The van der Waals surface area contributed by atoms with Gasteiger partial charge in [0, 0.05) is 40.8 Å². The number of nitrogens with one attached hydrogen (secondary N) is 2. The van der Waals surface area contributed by atoms with E-state index in [-0.39, 0.29) is 17.6 Å². The Morgan fingerprint density at radius 2 is 1.79 bits per heavy atom. The van der Waals surface area contributed by atoms with E-state index in [0.717, 1.165) is 22.6 Å². The van der Waals surface area contributed by atoms with E-state index in [1.807, 2.05) is 24.5 Å². The van der Waals surface area contributed by atoms with Gasteiger partial charge in [-0.05, 0) is 62.4 Å². The van der Waals surface area contributed by atoms with Gasteiger partial charge >= 0.3 is 0 Å². The number of rotatable bonds is 5. The van der Waals surface area contributed by atoms with Gasteiger partial charge < -0.3 is 9.88 Å². The molecule has 0 saturated carbocycles. The van der Waals surface area contributed by atoms with Gasteiger partial charge in [-0.1, -0.05) is 6.07 Å². The fourth-order valence-corrected chi connectivity index (χ4v) is 3.07. The Labute approximate surface area is 168 Å². The smallest absolute Gasteiger partial charge is 0.271 e. The topological polar surface area (TPSA) is 75.5 Å². The van der Waals surface area contributed by atoms with Crippen molar-refractivity contribution in [3.8, 4) is 5.69 Å². The molecule has 1 heterocycles. The number of aromatic nitrogens is 1. The van der Waals surface area contributed by atoms with Gasteiger partial charge in [-0.15, -0.1) is 0 Å². The Bertz CT molecular complexity index is 1080. The Kier molecular flexibility index (Phi) is 5.87. The van der Waals surface area contributed by atoms with Crippen LogP contribution in [0.4, 0.5) is 10.1 Å². The van der Waals surface area contributed by atoms with E-state index in [4.69, 9.17) is 0 Å². The number of hydrogen-bond donors (Lipinski definition) is 2. The zero-order valence-electron chi connectivity index (χ0n) is 16.4. The Morgan fingerprint density at radius 1 is 1.07 bits per heavy atom. The van der Waals surface area contributed by atoms with Crippen molar-refractivity contribution in [2.45, 2.75) is 20.8 Å². The average molecular weight is 392 g/mol. The predicted octanol–water partition coefficient (Wildman–Crippen LogP) is 3.96. The van der Waals surface area contributed by atoms with Crippen LogP contribution in [-0.2, 0) is 4.79 Å². The second-order valence-electron chi connectivity index (χ2n) is 6.60. The van der Waals surface area contributed by atoms with Crippen molar-refractivity contribution in [2.75, 3.05) is 5.32 Å². The fraction of sp³-hybridized carbons (Fsp3) is 0.136. The molecule has 0 aliphatic carbocycles. The lowest BCUT2D eigenvalue weighted by atomic mass is 10.2. The number of halogens is 1. The van der Waals surface area contributed by atoms with Crippen molar-refractivity contribution < 1.29 is 14.0 Å². The molecule has 0 atom stereocenters. The quantitative estimate of drug-likeness (QED) is 0.509. The van der Waals surface area contributed by atoms with E-state index in [1.165, 1.54) is 19.1 Å². The third-order valence-electron chi connectivity index (χ3n) is 4.37. The van der Waals surface area contributed by atoms with Crippen LogP contribution in [0.3, 0.4) is 0 Å². The zero-order chi connectivity index (χ0) is 21.0. The Morgan fingerprint density at radius 3 is 2.48 bits per heavy atom. The number of hydrazone groups is 1. The van der Waals surface area contributed by atoms with Crippen LogP contribution in [0.25, 0.3) is 5.69 Å². The second-order valence-corrected chi connectivity index (χ2v) is 6.60. The molecule has 0 aliphatic heterocycles. The van der Waals surface area contributed by atoms with Crippen LogP contribution < -0.4 is 10.7 Å².